The Bertz CT molecular complexity index is 559. The maximum atomic E-state index is 13.5. The lowest BCUT2D eigenvalue weighted by molar-refractivity contribution is 0.615. The number of benzene rings is 1. The summed E-state index contributed by atoms with van der Waals surface area (Å²) < 4.78 is 13.5. The van der Waals surface area contributed by atoms with Gasteiger partial charge in [-0.05, 0) is 49.4 Å². The Hall–Kier alpha value is -1.38. The van der Waals surface area contributed by atoms with Crippen molar-refractivity contribution in [1.29, 1.82) is 0 Å². The molecule has 0 aromatic heterocycles. The number of aliphatic imine (C=N–C) groups is 1. The van der Waals surface area contributed by atoms with Gasteiger partial charge in [0, 0.05) is 21.8 Å². The largest absolute Gasteiger partial charge is 0.272 e. The molecule has 0 fully saturated rings. The number of halogens is 3. The van der Waals surface area contributed by atoms with Gasteiger partial charge in [0.05, 0.1) is 0 Å². The highest BCUT2D eigenvalue weighted by Crippen LogP contribution is 2.23. The van der Waals surface area contributed by atoms with Crippen molar-refractivity contribution in [2.75, 3.05) is 0 Å². The molecule has 4 heteroatoms. The van der Waals surface area contributed by atoms with Crippen molar-refractivity contribution in [2.45, 2.75) is 13.3 Å². The Morgan fingerprint density at radius 1 is 1.47 bits per heavy atom. The molecule has 0 N–H and O–H groups in total. The number of hydrogen-bond donors (Lipinski definition) is 0. The van der Waals surface area contributed by atoms with Crippen LogP contribution in [0.25, 0.3) is 0 Å². The fraction of sp³-hybridized carbons (Fsp3) is 0.133. The summed E-state index contributed by atoms with van der Waals surface area (Å²) in [4.78, 5) is 3.67. The molecule has 0 atom stereocenters. The molecule has 0 aliphatic carbocycles. The van der Waals surface area contributed by atoms with E-state index in [4.69, 9.17) is 23.2 Å². The van der Waals surface area contributed by atoms with Crippen molar-refractivity contribution in [3.63, 3.8) is 0 Å². The molecule has 1 aromatic rings. The van der Waals surface area contributed by atoms with Crippen LogP contribution in [0.5, 0.6) is 0 Å². The minimum Gasteiger partial charge on any atom is -0.272 e. The van der Waals surface area contributed by atoms with Gasteiger partial charge in [-0.25, -0.2) is 4.39 Å². The summed E-state index contributed by atoms with van der Waals surface area (Å²) in [6, 6.07) is 4.42. The monoisotopic (exact) mass is 297 g/mol. The van der Waals surface area contributed by atoms with E-state index in [1.165, 1.54) is 18.3 Å². The van der Waals surface area contributed by atoms with Crippen molar-refractivity contribution in [1.82, 2.24) is 0 Å². The van der Waals surface area contributed by atoms with Crippen LogP contribution in [0.3, 0.4) is 0 Å². The Morgan fingerprint density at radius 2 is 2.16 bits per heavy atom. The van der Waals surface area contributed by atoms with Gasteiger partial charge in [-0.3, -0.25) is 4.99 Å². The highest BCUT2D eigenvalue weighted by atomic mass is 35.5. The molecule has 1 rings (SSSR count). The number of allylic oxidation sites excluding steroid dienone is 4. The van der Waals surface area contributed by atoms with Gasteiger partial charge in [-0.15, -0.1) is 0 Å². The number of rotatable bonds is 5. The van der Waals surface area contributed by atoms with Crippen molar-refractivity contribution in [3.05, 3.63) is 69.6 Å². The zero-order chi connectivity index (χ0) is 14.4. The van der Waals surface area contributed by atoms with Gasteiger partial charge in [0.15, 0.2) is 0 Å². The van der Waals surface area contributed by atoms with Crippen molar-refractivity contribution in [3.8, 4) is 0 Å². The second kappa shape index (κ2) is 7.27. The summed E-state index contributed by atoms with van der Waals surface area (Å²) in [5, 5.41) is 0.948. The molecule has 0 saturated carbocycles. The molecule has 0 unspecified atom stereocenters. The molecule has 1 nitrogen and oxygen atoms in total. The van der Waals surface area contributed by atoms with Crippen LogP contribution in [0.2, 0.25) is 5.02 Å². The minimum absolute atomic E-state index is 0.312. The van der Waals surface area contributed by atoms with Gasteiger partial charge in [-0.1, -0.05) is 35.9 Å². The van der Waals surface area contributed by atoms with E-state index < -0.39 is 0 Å². The highest BCUT2D eigenvalue weighted by Gasteiger charge is 2.05. The van der Waals surface area contributed by atoms with Crippen LogP contribution in [-0.2, 0) is 6.42 Å². The first-order chi connectivity index (χ1) is 8.95. The SMILES string of the molecule is C=N/C=C(C(=C)C)\C(Cl)=C/Cc1cc(Cl)ccc1F. The Labute approximate surface area is 122 Å². The van der Waals surface area contributed by atoms with E-state index in [1.807, 2.05) is 6.92 Å². The first-order valence-corrected chi connectivity index (χ1v) is 6.33. The van der Waals surface area contributed by atoms with Crippen LogP contribution >= 0.6 is 23.2 Å². The molecule has 0 radical (unpaired) electrons. The van der Waals surface area contributed by atoms with Crippen LogP contribution in [0.4, 0.5) is 4.39 Å². The third-order valence-electron chi connectivity index (χ3n) is 2.45. The molecule has 1 aromatic carbocycles. The van der Waals surface area contributed by atoms with E-state index in [1.54, 1.807) is 12.1 Å². The second-order valence-electron chi connectivity index (χ2n) is 4.00. The Morgan fingerprint density at radius 3 is 2.74 bits per heavy atom. The van der Waals surface area contributed by atoms with E-state index >= 15 is 0 Å². The fourth-order valence-corrected chi connectivity index (χ4v) is 1.96. The van der Waals surface area contributed by atoms with E-state index in [-0.39, 0.29) is 5.82 Å². The molecule has 100 valence electrons. The highest BCUT2D eigenvalue weighted by molar-refractivity contribution is 6.32. The average Bonchev–Trinajstić information content (AvgIpc) is 2.36. The van der Waals surface area contributed by atoms with Crippen molar-refractivity contribution < 1.29 is 4.39 Å². The molecule has 0 aliphatic rings. The van der Waals surface area contributed by atoms with Crippen LogP contribution in [-0.4, -0.2) is 6.72 Å². The molecule has 0 aliphatic heterocycles. The maximum Gasteiger partial charge on any atom is 0.126 e. The Kier molecular flexibility index (Phi) is 6.00. The average molecular weight is 298 g/mol. The summed E-state index contributed by atoms with van der Waals surface area (Å²) >= 11 is 12.0. The lowest BCUT2D eigenvalue weighted by atomic mass is 10.1. The zero-order valence-electron chi connectivity index (χ0n) is 10.6. The topological polar surface area (TPSA) is 12.4 Å². The van der Waals surface area contributed by atoms with Gasteiger partial charge < -0.3 is 0 Å². The smallest absolute Gasteiger partial charge is 0.126 e. The lowest BCUT2D eigenvalue weighted by Crippen LogP contribution is -1.90. The van der Waals surface area contributed by atoms with Crippen LogP contribution in [0, 0.1) is 5.82 Å². The maximum absolute atomic E-state index is 13.5. The summed E-state index contributed by atoms with van der Waals surface area (Å²) in [6.07, 6.45) is 3.56. The predicted octanol–water partition coefficient (Wildman–Crippen LogP) is 5.30. The third-order valence-corrected chi connectivity index (χ3v) is 3.04. The molecule has 0 amide bonds. The summed E-state index contributed by atoms with van der Waals surface area (Å²) in [5.74, 6) is -0.312. The van der Waals surface area contributed by atoms with Crippen molar-refractivity contribution >= 4 is 29.9 Å². The lowest BCUT2D eigenvalue weighted by Gasteiger charge is -2.05. The zero-order valence-corrected chi connectivity index (χ0v) is 12.1. The summed E-state index contributed by atoms with van der Waals surface area (Å²) in [7, 11) is 0. The van der Waals surface area contributed by atoms with Crippen molar-refractivity contribution in [2.24, 2.45) is 4.99 Å². The molecule has 0 heterocycles. The molecule has 0 bridgehead atoms. The van der Waals surface area contributed by atoms with Gasteiger partial charge in [0.2, 0.25) is 0 Å². The second-order valence-corrected chi connectivity index (χ2v) is 4.84. The van der Waals surface area contributed by atoms with E-state index in [2.05, 4.69) is 18.3 Å². The minimum atomic E-state index is -0.312. The standard InChI is InChI=1S/C15H14Cl2FN/c1-10(2)13(9-19-3)14(17)6-4-11-8-12(16)5-7-15(11)18/h5-9H,1,3-4H2,2H3/b13-9-,14-6+. The van der Waals surface area contributed by atoms with E-state index in [0.717, 1.165) is 5.57 Å². The van der Waals surface area contributed by atoms with E-state index in [0.29, 0.717) is 27.6 Å². The van der Waals surface area contributed by atoms with Crippen LogP contribution < -0.4 is 0 Å². The third kappa shape index (κ3) is 4.66. The number of nitrogens with zero attached hydrogens (tertiary/aromatic N) is 1. The molecular weight excluding hydrogens is 284 g/mol. The van der Waals surface area contributed by atoms with Gasteiger partial charge in [0.1, 0.15) is 5.82 Å². The molecule has 0 saturated heterocycles. The first-order valence-electron chi connectivity index (χ1n) is 5.57. The van der Waals surface area contributed by atoms with Crippen LogP contribution in [0.1, 0.15) is 12.5 Å². The van der Waals surface area contributed by atoms with Gasteiger partial charge in [0.25, 0.3) is 0 Å². The van der Waals surface area contributed by atoms with E-state index in [9.17, 15) is 4.39 Å². The first kappa shape index (κ1) is 15.7. The summed E-state index contributed by atoms with van der Waals surface area (Å²) in [6.45, 7) is 9.00. The molecule has 19 heavy (non-hydrogen) atoms. The van der Waals surface area contributed by atoms with Gasteiger partial charge in [-0.2, -0.15) is 0 Å². The Balaban J connectivity index is 2.97. The van der Waals surface area contributed by atoms with Gasteiger partial charge >= 0.3 is 0 Å². The van der Waals surface area contributed by atoms with Crippen LogP contribution in [0.15, 0.2) is 58.2 Å². The molecule has 0 spiro atoms. The normalized spacial score (nSPS) is 12.4. The number of hydrogen-bond acceptors (Lipinski definition) is 1. The fourth-order valence-electron chi connectivity index (χ4n) is 1.48. The molecular formula is C15H14Cl2FN. The quantitative estimate of drug-likeness (QED) is 0.516. The predicted molar refractivity (Wildman–Crippen MR) is 81.5 cm³/mol. The summed E-state index contributed by atoms with van der Waals surface area (Å²) in [5.41, 5.74) is 1.93.